The van der Waals surface area contributed by atoms with Crippen LogP contribution in [0.25, 0.3) is 0 Å². The van der Waals surface area contributed by atoms with Crippen LogP contribution in [0.2, 0.25) is 0 Å². The third kappa shape index (κ3) is 5.35. The van der Waals surface area contributed by atoms with E-state index in [1.165, 1.54) is 19.3 Å². The average molecular weight is 300 g/mol. The highest BCUT2D eigenvalue weighted by Gasteiger charge is 2.18. The smallest absolute Gasteiger partial charge is 0.244 e. The van der Waals surface area contributed by atoms with Gasteiger partial charge in [0.25, 0.3) is 0 Å². The predicted molar refractivity (Wildman–Crippen MR) is 87.0 cm³/mol. The first-order valence-electron chi connectivity index (χ1n) is 7.97. The number of hydrogen-bond acceptors (Lipinski definition) is 2. The summed E-state index contributed by atoms with van der Waals surface area (Å²) in [5.74, 6) is -0.269. The molecule has 4 heteroatoms. The van der Waals surface area contributed by atoms with Crippen molar-refractivity contribution in [3.05, 3.63) is 48.0 Å². The number of nitrogens with two attached hydrogens (primary N) is 1. The normalized spacial score (nSPS) is 17.3. The molecule has 0 spiro atoms. The molecule has 3 N–H and O–H groups in total. The number of benzene rings is 1. The van der Waals surface area contributed by atoms with E-state index in [1.807, 2.05) is 36.4 Å². The highest BCUT2D eigenvalue weighted by Crippen LogP contribution is 2.24. The number of hydrogen-bond donors (Lipinski definition) is 2. The first-order chi connectivity index (χ1) is 10.6. The van der Waals surface area contributed by atoms with E-state index in [0.717, 1.165) is 18.4 Å². The van der Waals surface area contributed by atoms with Crippen molar-refractivity contribution in [2.45, 2.75) is 44.6 Å². The first kappa shape index (κ1) is 16.3. The molecule has 2 amide bonds. The summed E-state index contributed by atoms with van der Waals surface area (Å²) in [4.78, 5) is 23.5. The number of primary amides is 1. The number of amides is 2. The fourth-order valence-corrected chi connectivity index (χ4v) is 2.84. The minimum Gasteiger partial charge on any atom is -0.368 e. The van der Waals surface area contributed by atoms with Crippen molar-refractivity contribution in [1.29, 1.82) is 0 Å². The molecule has 2 rings (SSSR count). The molecular formula is C18H24N2O2. The van der Waals surface area contributed by atoms with Crippen LogP contribution in [-0.4, -0.2) is 17.9 Å². The third-order valence-electron chi connectivity index (χ3n) is 4.11. The zero-order chi connectivity index (χ0) is 15.8. The van der Waals surface area contributed by atoms with Gasteiger partial charge in [-0.25, -0.2) is 0 Å². The molecular weight excluding hydrogens is 276 g/mol. The molecule has 1 unspecified atom stereocenters. The van der Waals surface area contributed by atoms with Gasteiger partial charge in [-0.15, -0.1) is 0 Å². The molecule has 22 heavy (non-hydrogen) atoms. The lowest BCUT2D eigenvalue weighted by Gasteiger charge is -2.18. The van der Waals surface area contributed by atoms with Crippen LogP contribution in [0.15, 0.2) is 42.5 Å². The molecule has 1 aromatic carbocycles. The average Bonchev–Trinajstić information content (AvgIpc) is 2.54. The van der Waals surface area contributed by atoms with E-state index in [0.29, 0.717) is 12.3 Å². The number of rotatable bonds is 6. The SMILES string of the molecule is NC(=O)C(Cc1ccccc1)NC(=O)C=CC1CCCCC1. The van der Waals surface area contributed by atoms with E-state index in [4.69, 9.17) is 5.73 Å². The van der Waals surface area contributed by atoms with Gasteiger partial charge in [0.05, 0.1) is 0 Å². The van der Waals surface area contributed by atoms with Crippen LogP contribution >= 0.6 is 0 Å². The summed E-state index contributed by atoms with van der Waals surface area (Å²) in [5.41, 5.74) is 6.37. The van der Waals surface area contributed by atoms with Gasteiger partial charge in [-0.2, -0.15) is 0 Å². The number of allylic oxidation sites excluding steroid dienone is 1. The van der Waals surface area contributed by atoms with E-state index in [9.17, 15) is 9.59 Å². The lowest BCUT2D eigenvalue weighted by molar-refractivity contribution is -0.124. The van der Waals surface area contributed by atoms with Crippen molar-refractivity contribution in [1.82, 2.24) is 5.32 Å². The van der Waals surface area contributed by atoms with Crippen LogP contribution in [0.5, 0.6) is 0 Å². The van der Waals surface area contributed by atoms with Crippen molar-refractivity contribution >= 4 is 11.8 Å². The molecule has 118 valence electrons. The molecule has 0 aromatic heterocycles. The number of carbonyl (C=O) groups excluding carboxylic acids is 2. The fraction of sp³-hybridized carbons (Fsp3) is 0.444. The Morgan fingerprint density at radius 2 is 1.86 bits per heavy atom. The summed E-state index contributed by atoms with van der Waals surface area (Å²) in [6, 6.07) is 8.87. The maximum atomic E-state index is 12.0. The minimum absolute atomic E-state index is 0.245. The summed E-state index contributed by atoms with van der Waals surface area (Å²) >= 11 is 0. The molecule has 0 saturated heterocycles. The number of carbonyl (C=O) groups is 2. The Kier molecular flexibility index (Phi) is 6.19. The number of nitrogens with one attached hydrogen (secondary N) is 1. The Bertz CT molecular complexity index is 519. The van der Waals surface area contributed by atoms with Gasteiger partial charge in [-0.3, -0.25) is 9.59 Å². The monoisotopic (exact) mass is 300 g/mol. The van der Waals surface area contributed by atoms with Gasteiger partial charge in [-0.1, -0.05) is 55.7 Å². The second-order valence-electron chi connectivity index (χ2n) is 5.91. The van der Waals surface area contributed by atoms with Gasteiger partial charge in [0.1, 0.15) is 6.04 Å². The Labute approximate surface area is 131 Å². The van der Waals surface area contributed by atoms with Gasteiger partial charge in [0.2, 0.25) is 11.8 Å². The Morgan fingerprint density at radius 3 is 2.50 bits per heavy atom. The fourth-order valence-electron chi connectivity index (χ4n) is 2.84. The molecule has 1 aromatic rings. The van der Waals surface area contributed by atoms with Crippen molar-refractivity contribution in [3.8, 4) is 0 Å². The minimum atomic E-state index is -0.675. The topological polar surface area (TPSA) is 72.2 Å². The molecule has 1 fully saturated rings. The van der Waals surface area contributed by atoms with Gasteiger partial charge in [0.15, 0.2) is 0 Å². The van der Waals surface area contributed by atoms with Gasteiger partial charge in [0, 0.05) is 6.42 Å². The quantitative estimate of drug-likeness (QED) is 0.791. The molecule has 0 heterocycles. The molecule has 1 aliphatic rings. The van der Waals surface area contributed by atoms with Crippen LogP contribution < -0.4 is 11.1 Å². The zero-order valence-corrected chi connectivity index (χ0v) is 12.8. The van der Waals surface area contributed by atoms with Crippen molar-refractivity contribution in [2.24, 2.45) is 11.7 Å². The summed E-state index contributed by atoms with van der Waals surface area (Å²) < 4.78 is 0. The van der Waals surface area contributed by atoms with E-state index in [2.05, 4.69) is 5.32 Å². The zero-order valence-electron chi connectivity index (χ0n) is 12.8. The molecule has 1 atom stereocenters. The van der Waals surface area contributed by atoms with Crippen molar-refractivity contribution in [2.75, 3.05) is 0 Å². The molecule has 1 saturated carbocycles. The summed E-state index contributed by atoms with van der Waals surface area (Å²) in [7, 11) is 0. The van der Waals surface area contributed by atoms with Gasteiger partial charge >= 0.3 is 0 Å². The van der Waals surface area contributed by atoms with E-state index in [1.54, 1.807) is 6.08 Å². The largest absolute Gasteiger partial charge is 0.368 e. The highest BCUT2D eigenvalue weighted by atomic mass is 16.2. The van der Waals surface area contributed by atoms with E-state index < -0.39 is 11.9 Å². The van der Waals surface area contributed by atoms with Crippen LogP contribution in [0, 0.1) is 5.92 Å². The lowest BCUT2D eigenvalue weighted by Crippen LogP contribution is -2.45. The molecule has 0 radical (unpaired) electrons. The summed E-state index contributed by atoms with van der Waals surface area (Å²) in [6.45, 7) is 0. The second-order valence-corrected chi connectivity index (χ2v) is 5.91. The van der Waals surface area contributed by atoms with Crippen LogP contribution in [-0.2, 0) is 16.0 Å². The maximum absolute atomic E-state index is 12.0. The Hall–Kier alpha value is -2.10. The van der Waals surface area contributed by atoms with E-state index >= 15 is 0 Å². The summed E-state index contributed by atoms with van der Waals surface area (Å²) in [6.07, 6.45) is 9.98. The maximum Gasteiger partial charge on any atom is 0.244 e. The van der Waals surface area contributed by atoms with Crippen molar-refractivity contribution in [3.63, 3.8) is 0 Å². The lowest BCUT2D eigenvalue weighted by atomic mass is 9.89. The van der Waals surface area contributed by atoms with Crippen molar-refractivity contribution < 1.29 is 9.59 Å². The molecule has 1 aliphatic carbocycles. The standard InChI is InChI=1S/C18H24N2O2/c19-18(22)16(13-15-9-5-2-6-10-15)20-17(21)12-11-14-7-3-1-4-8-14/h2,5-6,9-12,14,16H,1,3-4,7-8,13H2,(H2,19,22)(H,20,21). The Morgan fingerprint density at radius 1 is 1.18 bits per heavy atom. The third-order valence-corrected chi connectivity index (χ3v) is 4.11. The highest BCUT2D eigenvalue weighted by molar-refractivity contribution is 5.92. The van der Waals surface area contributed by atoms with E-state index in [-0.39, 0.29) is 5.91 Å². The van der Waals surface area contributed by atoms with Crippen LogP contribution in [0.3, 0.4) is 0 Å². The first-order valence-corrected chi connectivity index (χ1v) is 7.97. The molecule has 4 nitrogen and oxygen atoms in total. The van der Waals surface area contributed by atoms with Gasteiger partial charge < -0.3 is 11.1 Å². The second kappa shape index (κ2) is 8.37. The Balaban J connectivity index is 1.88. The van der Waals surface area contributed by atoms with Gasteiger partial charge in [-0.05, 0) is 30.4 Å². The molecule has 0 aliphatic heterocycles. The van der Waals surface area contributed by atoms with Crippen LogP contribution in [0.1, 0.15) is 37.7 Å². The van der Waals surface area contributed by atoms with Crippen LogP contribution in [0.4, 0.5) is 0 Å². The summed E-state index contributed by atoms with van der Waals surface area (Å²) in [5, 5.41) is 2.70. The predicted octanol–water partition coefficient (Wildman–Crippen LogP) is 2.34. The molecule has 0 bridgehead atoms.